The van der Waals surface area contributed by atoms with Crippen LogP contribution in [0.4, 0.5) is 10.5 Å². The summed E-state index contributed by atoms with van der Waals surface area (Å²) >= 11 is 0. The summed E-state index contributed by atoms with van der Waals surface area (Å²) in [6.45, 7) is 0. The first kappa shape index (κ1) is 31.2. The van der Waals surface area contributed by atoms with Crippen molar-refractivity contribution in [2.75, 3.05) is 11.4 Å². The van der Waals surface area contributed by atoms with Crippen LogP contribution in [0.2, 0.25) is 0 Å². The van der Waals surface area contributed by atoms with Crippen molar-refractivity contribution in [1.82, 2.24) is 10.0 Å². The third kappa shape index (κ3) is 6.33. The summed E-state index contributed by atoms with van der Waals surface area (Å²) in [5, 5.41) is 1.52. The van der Waals surface area contributed by atoms with Crippen LogP contribution >= 0.6 is 0 Å². The summed E-state index contributed by atoms with van der Waals surface area (Å²) in [5.41, 5.74) is 1.71. The van der Waals surface area contributed by atoms with Crippen LogP contribution in [0.1, 0.15) is 24.8 Å². The van der Waals surface area contributed by atoms with Gasteiger partial charge in [0.05, 0.1) is 35.1 Å². The smallest absolute Gasteiger partial charge is 0.434 e. The van der Waals surface area contributed by atoms with Crippen LogP contribution in [0.25, 0.3) is 21.8 Å². The van der Waals surface area contributed by atoms with Crippen molar-refractivity contribution in [2.24, 2.45) is 0 Å². The second-order valence-corrected chi connectivity index (χ2v) is 12.3. The number of hydrogen-bond donors (Lipinski definition) is 0. The molecule has 0 aliphatic carbocycles. The van der Waals surface area contributed by atoms with Crippen LogP contribution < -0.4 is 13.8 Å². The van der Waals surface area contributed by atoms with Crippen molar-refractivity contribution in [2.45, 2.75) is 30.6 Å². The Hall–Kier alpha value is -5.82. The number of pyridine rings is 1. The number of methoxy groups -OCH3 is 1. The molecular weight excluding hydrogens is 626 g/mol. The Morgan fingerprint density at radius 3 is 1.96 bits per heavy atom. The predicted molar refractivity (Wildman–Crippen MR) is 170 cm³/mol. The molecule has 47 heavy (non-hydrogen) atoms. The molecule has 2 heterocycles. The molecule has 0 spiro atoms. The summed E-state index contributed by atoms with van der Waals surface area (Å²) in [6.07, 6.45) is -1.23. The number of amides is 3. The number of benzene rings is 4. The lowest BCUT2D eigenvalue weighted by Crippen LogP contribution is -2.39. The van der Waals surface area contributed by atoms with Crippen molar-refractivity contribution < 1.29 is 41.9 Å². The van der Waals surface area contributed by atoms with Gasteiger partial charge in [-0.25, -0.2) is 23.0 Å². The Bertz CT molecular complexity index is 2060. The minimum atomic E-state index is -4.55. The van der Waals surface area contributed by atoms with Crippen molar-refractivity contribution in [3.05, 3.63) is 103 Å². The zero-order chi connectivity index (χ0) is 33.1. The van der Waals surface area contributed by atoms with Gasteiger partial charge in [-0.05, 0) is 72.6 Å². The number of nitrogens with zero attached hydrogens (tertiary/aromatic N) is 3. The standard InChI is InChI=1S/C34H27N3O9S/c1-44-24-15-13-23(14-16-24)37(34(41)45-33-26-6-2-4-8-28(26)35-29-9-5-3-7-27(29)33)47(42,43)25-17-10-22(11-18-25)12-21-32(40)46-36-30(38)19-20-31(36)39/h2-11,13-18H,12,19-21H2,1H3. The van der Waals surface area contributed by atoms with Crippen LogP contribution in [0.5, 0.6) is 11.5 Å². The summed E-state index contributed by atoms with van der Waals surface area (Å²) in [5.74, 6) is -1.34. The van der Waals surface area contributed by atoms with E-state index in [4.69, 9.17) is 14.3 Å². The topological polar surface area (TPSA) is 149 Å². The van der Waals surface area contributed by atoms with Gasteiger partial charge in [-0.15, -0.1) is 5.06 Å². The highest BCUT2D eigenvalue weighted by Gasteiger charge is 2.34. The number of para-hydroxylation sites is 2. The molecule has 1 aromatic heterocycles. The van der Waals surface area contributed by atoms with E-state index in [9.17, 15) is 27.6 Å². The average molecular weight is 654 g/mol. The van der Waals surface area contributed by atoms with Gasteiger partial charge in [0.2, 0.25) is 0 Å². The number of imide groups is 1. The van der Waals surface area contributed by atoms with E-state index in [1.54, 1.807) is 48.5 Å². The molecule has 1 saturated heterocycles. The Balaban J connectivity index is 1.29. The van der Waals surface area contributed by atoms with E-state index in [0.29, 0.717) is 42.5 Å². The van der Waals surface area contributed by atoms with Crippen molar-refractivity contribution >= 4 is 61.4 Å². The molecule has 0 unspecified atom stereocenters. The summed E-state index contributed by atoms with van der Waals surface area (Å²) in [4.78, 5) is 58.9. The second-order valence-electron chi connectivity index (χ2n) is 10.5. The Morgan fingerprint density at radius 2 is 1.38 bits per heavy atom. The van der Waals surface area contributed by atoms with Gasteiger partial charge in [-0.2, -0.15) is 4.31 Å². The van der Waals surface area contributed by atoms with Gasteiger partial charge in [0.1, 0.15) is 5.75 Å². The Kier molecular flexibility index (Phi) is 8.55. The number of hydrogen-bond acceptors (Lipinski definition) is 10. The Labute approximate surface area is 269 Å². The molecule has 5 aromatic rings. The lowest BCUT2D eigenvalue weighted by molar-refractivity contribution is -0.197. The number of fused-ring (bicyclic) bond motifs is 2. The van der Waals surface area contributed by atoms with Crippen LogP contribution in [-0.4, -0.2) is 49.5 Å². The molecule has 1 fully saturated rings. The minimum absolute atomic E-state index is 0.0105. The fraction of sp³-hybridized carbons (Fsp3) is 0.147. The van der Waals surface area contributed by atoms with Crippen LogP contribution in [0.15, 0.2) is 102 Å². The third-order valence-electron chi connectivity index (χ3n) is 7.48. The number of rotatable bonds is 9. The number of sulfonamides is 1. The van der Waals surface area contributed by atoms with Gasteiger partial charge < -0.3 is 14.3 Å². The minimum Gasteiger partial charge on any atom is -0.497 e. The summed E-state index contributed by atoms with van der Waals surface area (Å²) in [6, 6.07) is 25.6. The quantitative estimate of drug-likeness (QED) is 0.151. The predicted octanol–water partition coefficient (Wildman–Crippen LogP) is 5.33. The fourth-order valence-corrected chi connectivity index (χ4v) is 6.41. The van der Waals surface area contributed by atoms with E-state index >= 15 is 0 Å². The van der Waals surface area contributed by atoms with E-state index in [1.807, 2.05) is 0 Å². The normalized spacial score (nSPS) is 13.2. The van der Waals surface area contributed by atoms with Gasteiger partial charge in [0, 0.05) is 23.6 Å². The molecule has 0 N–H and O–H groups in total. The molecular formula is C34H27N3O9S. The SMILES string of the molecule is COc1ccc(N(C(=O)Oc2c3ccccc3nc3ccccc23)S(=O)(=O)c2ccc(CCC(=O)ON3C(=O)CCC3=O)cc2)cc1. The third-order valence-corrected chi connectivity index (χ3v) is 9.19. The molecule has 0 atom stereocenters. The van der Waals surface area contributed by atoms with Crippen molar-refractivity contribution in [3.63, 3.8) is 0 Å². The van der Waals surface area contributed by atoms with E-state index in [-0.39, 0.29) is 42.0 Å². The average Bonchev–Trinajstić information content (AvgIpc) is 3.39. The molecule has 0 radical (unpaired) electrons. The first-order valence-electron chi connectivity index (χ1n) is 14.5. The highest BCUT2D eigenvalue weighted by atomic mass is 32.2. The number of carbonyl (C=O) groups is 4. The lowest BCUT2D eigenvalue weighted by Gasteiger charge is -2.23. The van der Waals surface area contributed by atoms with E-state index in [2.05, 4.69) is 4.98 Å². The second kappa shape index (κ2) is 12.9. The van der Waals surface area contributed by atoms with Gasteiger partial charge in [0.25, 0.3) is 21.8 Å². The largest absolute Gasteiger partial charge is 0.497 e. The van der Waals surface area contributed by atoms with E-state index in [1.165, 1.54) is 55.6 Å². The van der Waals surface area contributed by atoms with Gasteiger partial charge in [0.15, 0.2) is 5.75 Å². The van der Waals surface area contributed by atoms with Crippen molar-refractivity contribution in [3.8, 4) is 11.5 Å². The first-order chi connectivity index (χ1) is 22.7. The molecule has 4 aromatic carbocycles. The van der Waals surface area contributed by atoms with Crippen LogP contribution in [-0.2, 0) is 35.7 Å². The van der Waals surface area contributed by atoms with Gasteiger partial charge >= 0.3 is 12.1 Å². The lowest BCUT2D eigenvalue weighted by atomic mass is 10.1. The van der Waals surface area contributed by atoms with Crippen LogP contribution in [0.3, 0.4) is 0 Å². The maximum atomic E-state index is 14.1. The molecule has 1 aliphatic rings. The molecule has 0 bridgehead atoms. The molecule has 238 valence electrons. The molecule has 3 amide bonds. The van der Waals surface area contributed by atoms with Gasteiger partial charge in [-0.1, -0.05) is 36.4 Å². The number of ether oxygens (including phenoxy) is 2. The number of carbonyl (C=O) groups excluding carboxylic acids is 4. The molecule has 12 nitrogen and oxygen atoms in total. The monoisotopic (exact) mass is 653 g/mol. The maximum Gasteiger partial charge on any atom is 0.434 e. The Morgan fingerprint density at radius 1 is 0.809 bits per heavy atom. The zero-order valence-electron chi connectivity index (χ0n) is 25.0. The molecule has 1 aliphatic heterocycles. The first-order valence-corrected chi connectivity index (χ1v) is 15.9. The maximum absolute atomic E-state index is 14.1. The number of aryl methyl sites for hydroxylation is 1. The zero-order valence-corrected chi connectivity index (χ0v) is 25.8. The van der Waals surface area contributed by atoms with E-state index in [0.717, 1.165) is 0 Å². The summed E-state index contributed by atoms with van der Waals surface area (Å²) in [7, 11) is -3.08. The van der Waals surface area contributed by atoms with Crippen LogP contribution in [0, 0.1) is 0 Å². The highest BCUT2D eigenvalue weighted by Crippen LogP contribution is 2.35. The fourth-order valence-electron chi connectivity index (χ4n) is 5.08. The highest BCUT2D eigenvalue weighted by molar-refractivity contribution is 7.93. The van der Waals surface area contributed by atoms with Crippen molar-refractivity contribution in [1.29, 1.82) is 0 Å². The number of hydroxylamine groups is 2. The summed E-state index contributed by atoms with van der Waals surface area (Å²) < 4.78 is 39.9. The molecule has 0 saturated carbocycles. The number of aromatic nitrogens is 1. The molecule has 6 rings (SSSR count). The number of anilines is 1. The van der Waals surface area contributed by atoms with Gasteiger partial charge in [-0.3, -0.25) is 9.59 Å². The van der Waals surface area contributed by atoms with E-state index < -0.39 is 33.9 Å². The molecule has 13 heteroatoms.